The molecule has 188 valence electrons. The van der Waals surface area contributed by atoms with Gasteiger partial charge in [0.05, 0.1) is 5.57 Å². The number of pyridine rings is 2. The number of aromatic nitrogens is 2. The summed E-state index contributed by atoms with van der Waals surface area (Å²) >= 11 is 0. The highest BCUT2D eigenvalue weighted by molar-refractivity contribution is 6.08. The molecule has 2 aromatic carbocycles. The Balaban J connectivity index is 1.45. The molecule has 0 bridgehead atoms. The second-order valence-corrected chi connectivity index (χ2v) is 9.43. The summed E-state index contributed by atoms with van der Waals surface area (Å²) in [6.45, 7) is 1.45. The van der Waals surface area contributed by atoms with Crippen molar-refractivity contribution < 1.29 is 14.0 Å². The van der Waals surface area contributed by atoms with Gasteiger partial charge in [0, 0.05) is 46.8 Å². The van der Waals surface area contributed by atoms with Crippen LogP contribution in [0, 0.1) is 0 Å². The lowest BCUT2D eigenvalue weighted by Crippen LogP contribution is -2.39. The first kappa shape index (κ1) is 23.8. The first-order valence-corrected chi connectivity index (χ1v) is 13.1. The van der Waals surface area contributed by atoms with Crippen LogP contribution in [-0.2, 0) is 6.54 Å². The van der Waals surface area contributed by atoms with Crippen molar-refractivity contribution in [2.24, 2.45) is 5.11 Å². The van der Waals surface area contributed by atoms with Gasteiger partial charge in [0.15, 0.2) is 17.7 Å². The number of fused-ring (bicyclic) bond motifs is 4. The molecule has 0 amide bonds. The van der Waals surface area contributed by atoms with Crippen molar-refractivity contribution in [1.82, 2.24) is 4.98 Å². The number of unbranched alkanes of at least 4 members (excludes halogenated alkanes) is 4. The SMILES string of the molecule is [N-]=[N+]=NCCCCCCC[n+]1cccc2c1/C(=C1\c3ccccc3Oc3cccnc31)c1ccccc1O2. The van der Waals surface area contributed by atoms with Gasteiger partial charge in [-0.3, -0.25) is 4.98 Å². The van der Waals surface area contributed by atoms with E-state index in [9.17, 15) is 0 Å². The first-order chi connectivity index (χ1) is 18.8. The smallest absolute Gasteiger partial charge is 0.257 e. The Morgan fingerprint density at radius 1 is 0.711 bits per heavy atom. The maximum atomic E-state index is 8.45. The molecule has 4 heterocycles. The molecular formula is C31H28N5O2+. The molecule has 0 unspecified atom stereocenters. The zero-order chi connectivity index (χ0) is 25.7. The molecule has 6 rings (SSSR count). The highest BCUT2D eigenvalue weighted by Gasteiger charge is 2.36. The molecule has 0 atom stereocenters. The quantitative estimate of drug-likeness (QED) is 0.0698. The standard InChI is InChI=1S/C31H28N5O2/c32-35-34-19-8-2-1-3-9-20-36-21-11-17-27-31(36)29(23-13-5-7-15-25(23)38-27)28-22-12-4-6-14-24(22)37-26-16-10-18-33-30(26)28/h4-7,10-18,21H,1-3,8-9,19-20H2/q+1/b29-28+. The maximum Gasteiger partial charge on any atom is 0.257 e. The number of para-hydroxylation sites is 2. The van der Waals surface area contributed by atoms with Gasteiger partial charge >= 0.3 is 0 Å². The van der Waals surface area contributed by atoms with Crippen LogP contribution in [-0.4, -0.2) is 11.5 Å². The van der Waals surface area contributed by atoms with Crippen molar-refractivity contribution in [2.45, 2.75) is 38.6 Å². The average Bonchev–Trinajstić information content (AvgIpc) is 2.96. The largest absolute Gasteiger partial charge is 0.454 e. The molecule has 38 heavy (non-hydrogen) atoms. The number of hydrogen-bond acceptors (Lipinski definition) is 4. The van der Waals surface area contributed by atoms with E-state index in [0.717, 1.165) is 95.3 Å². The van der Waals surface area contributed by atoms with Gasteiger partial charge in [-0.15, -0.1) is 0 Å². The molecular weight excluding hydrogens is 474 g/mol. The van der Waals surface area contributed by atoms with Crippen LogP contribution in [0.3, 0.4) is 0 Å². The Hall–Kier alpha value is -4.61. The molecule has 7 heteroatoms. The first-order valence-electron chi connectivity index (χ1n) is 13.1. The number of nitrogens with zero attached hydrogens (tertiary/aromatic N) is 5. The van der Waals surface area contributed by atoms with Crippen molar-refractivity contribution in [3.8, 4) is 23.0 Å². The molecule has 0 saturated carbocycles. The molecule has 0 N–H and O–H groups in total. The summed E-state index contributed by atoms with van der Waals surface area (Å²) in [5, 5.41) is 3.63. The van der Waals surface area contributed by atoms with Crippen molar-refractivity contribution in [1.29, 1.82) is 0 Å². The molecule has 0 spiro atoms. The Morgan fingerprint density at radius 2 is 1.37 bits per heavy atom. The van der Waals surface area contributed by atoms with Crippen molar-refractivity contribution in [2.75, 3.05) is 6.54 Å². The maximum absolute atomic E-state index is 8.45. The number of ether oxygens (including phenoxy) is 2. The number of hydrogen-bond donors (Lipinski definition) is 0. The van der Waals surface area contributed by atoms with Crippen LogP contribution in [0.25, 0.3) is 21.6 Å². The van der Waals surface area contributed by atoms with E-state index in [-0.39, 0.29) is 0 Å². The fraction of sp³-hybridized carbons (Fsp3) is 0.226. The summed E-state index contributed by atoms with van der Waals surface area (Å²) in [5.41, 5.74) is 14.6. The fourth-order valence-corrected chi connectivity index (χ4v) is 5.29. The van der Waals surface area contributed by atoms with Crippen LogP contribution < -0.4 is 14.0 Å². The highest BCUT2D eigenvalue weighted by Crippen LogP contribution is 2.51. The zero-order valence-electron chi connectivity index (χ0n) is 21.1. The van der Waals surface area contributed by atoms with E-state index >= 15 is 0 Å². The third kappa shape index (κ3) is 4.49. The van der Waals surface area contributed by atoms with E-state index in [1.165, 1.54) is 0 Å². The van der Waals surface area contributed by atoms with Crippen molar-refractivity contribution in [3.05, 3.63) is 118 Å². The summed E-state index contributed by atoms with van der Waals surface area (Å²) in [6, 6.07) is 24.4. The minimum Gasteiger partial charge on any atom is -0.454 e. The lowest BCUT2D eigenvalue weighted by atomic mass is 9.86. The minimum atomic E-state index is 0.575. The molecule has 4 aromatic rings. The summed E-state index contributed by atoms with van der Waals surface area (Å²) in [5.74, 6) is 3.25. The summed E-state index contributed by atoms with van der Waals surface area (Å²) in [7, 11) is 0. The summed E-state index contributed by atoms with van der Waals surface area (Å²) < 4.78 is 15.0. The van der Waals surface area contributed by atoms with Gasteiger partial charge in [0.1, 0.15) is 23.7 Å². The molecule has 0 fully saturated rings. The fourth-order valence-electron chi connectivity index (χ4n) is 5.29. The third-order valence-corrected chi connectivity index (χ3v) is 7.00. The molecule has 2 aliphatic heterocycles. The van der Waals surface area contributed by atoms with Gasteiger partial charge in [0.25, 0.3) is 5.69 Å². The number of benzene rings is 2. The predicted octanol–water partition coefficient (Wildman–Crippen LogP) is 7.85. The monoisotopic (exact) mass is 502 g/mol. The molecule has 0 radical (unpaired) electrons. The normalized spacial score (nSPS) is 14.6. The van der Waals surface area contributed by atoms with Crippen molar-refractivity contribution >= 4 is 11.1 Å². The average molecular weight is 503 g/mol. The van der Waals surface area contributed by atoms with Gasteiger partial charge in [-0.05, 0) is 48.7 Å². The van der Waals surface area contributed by atoms with Crippen molar-refractivity contribution in [3.63, 3.8) is 0 Å². The Morgan fingerprint density at radius 3 is 2.18 bits per heavy atom. The number of aryl methyl sites for hydroxylation is 1. The number of azide groups is 1. The molecule has 7 nitrogen and oxygen atoms in total. The predicted molar refractivity (Wildman–Crippen MR) is 146 cm³/mol. The molecule has 0 aliphatic carbocycles. The van der Waals surface area contributed by atoms with Gasteiger partial charge in [-0.1, -0.05) is 54.4 Å². The topological polar surface area (TPSA) is 84.0 Å². The molecule has 2 aromatic heterocycles. The zero-order valence-corrected chi connectivity index (χ0v) is 21.1. The summed E-state index contributed by atoms with van der Waals surface area (Å²) in [6.07, 6.45) is 9.24. The second kappa shape index (κ2) is 10.8. The van der Waals surface area contributed by atoms with Crippen LogP contribution in [0.5, 0.6) is 23.0 Å². The van der Waals surface area contributed by atoms with Crippen LogP contribution in [0.1, 0.15) is 54.6 Å². The molecule has 0 saturated heterocycles. The van der Waals surface area contributed by atoms with E-state index in [2.05, 4.69) is 45.1 Å². The van der Waals surface area contributed by atoms with E-state index in [1.807, 2.05) is 54.7 Å². The van der Waals surface area contributed by atoms with Crippen LogP contribution in [0.15, 0.2) is 90.3 Å². The molecule has 2 aliphatic rings. The third-order valence-electron chi connectivity index (χ3n) is 7.00. The minimum absolute atomic E-state index is 0.575. The lowest BCUT2D eigenvalue weighted by molar-refractivity contribution is -0.699. The van der Waals surface area contributed by atoms with Crippen LogP contribution in [0.4, 0.5) is 0 Å². The van der Waals surface area contributed by atoms with Crippen LogP contribution >= 0.6 is 0 Å². The second-order valence-electron chi connectivity index (χ2n) is 9.43. The lowest BCUT2D eigenvalue weighted by Gasteiger charge is -2.27. The van der Waals surface area contributed by atoms with E-state index in [0.29, 0.717) is 6.54 Å². The highest BCUT2D eigenvalue weighted by atomic mass is 16.5. The van der Waals surface area contributed by atoms with Gasteiger partial charge in [-0.25, -0.2) is 0 Å². The summed E-state index contributed by atoms with van der Waals surface area (Å²) in [4.78, 5) is 7.64. The Kier molecular flexibility index (Phi) is 6.75. The Bertz CT molecular complexity index is 1520. The van der Waals surface area contributed by atoms with Gasteiger partial charge < -0.3 is 9.47 Å². The van der Waals surface area contributed by atoms with Gasteiger partial charge in [-0.2, -0.15) is 4.57 Å². The number of rotatable bonds is 8. The van der Waals surface area contributed by atoms with E-state index in [1.54, 1.807) is 0 Å². The van der Waals surface area contributed by atoms with Crippen LogP contribution in [0.2, 0.25) is 0 Å². The van der Waals surface area contributed by atoms with E-state index < -0.39 is 0 Å². The van der Waals surface area contributed by atoms with E-state index in [4.69, 9.17) is 20.0 Å². The van der Waals surface area contributed by atoms with Gasteiger partial charge in [0.2, 0.25) is 0 Å². The Labute approximate surface area is 221 Å².